The summed E-state index contributed by atoms with van der Waals surface area (Å²) >= 11 is 0. The van der Waals surface area contributed by atoms with Gasteiger partial charge < -0.3 is 24.6 Å². The predicted molar refractivity (Wildman–Crippen MR) is 140 cm³/mol. The number of hydrogen-bond donors (Lipinski definition) is 1. The van der Waals surface area contributed by atoms with Gasteiger partial charge in [-0.05, 0) is 82.8 Å². The molecule has 200 valence electrons. The summed E-state index contributed by atoms with van der Waals surface area (Å²) in [5.41, 5.74) is 1.97. The largest absolute Gasteiger partial charge is 0.444 e. The van der Waals surface area contributed by atoms with Crippen LogP contribution in [0.4, 0.5) is 10.5 Å². The van der Waals surface area contributed by atoms with Crippen LogP contribution in [0.1, 0.15) is 95.1 Å². The quantitative estimate of drug-likeness (QED) is 0.538. The zero-order valence-corrected chi connectivity index (χ0v) is 22.9. The molecule has 2 amide bonds. The van der Waals surface area contributed by atoms with E-state index in [1.54, 1.807) is 12.0 Å². The standard InChI is InChI=1S/C28H44N4O4/c1-18(2)16-32(22-8-7-11-31(17-22)27(34)36-28(3,4)5)26(33)25-24(30-21-13-23(14-21)35-6)12-20(15-29-25)19-9-10-19/h12,15,18-19,21-23,30H,7-11,13-14,16-17H2,1-6H3/t21?,22-,23?/m0/s1. The molecular formula is C28H44N4O4. The van der Waals surface area contributed by atoms with Crippen LogP contribution in [0, 0.1) is 5.92 Å². The molecular weight excluding hydrogens is 456 g/mol. The summed E-state index contributed by atoms with van der Waals surface area (Å²) < 4.78 is 11.1. The van der Waals surface area contributed by atoms with Crippen molar-refractivity contribution >= 4 is 17.7 Å². The van der Waals surface area contributed by atoms with E-state index in [0.717, 1.165) is 31.4 Å². The third kappa shape index (κ3) is 6.69. The van der Waals surface area contributed by atoms with Gasteiger partial charge >= 0.3 is 6.09 Å². The molecule has 1 saturated heterocycles. The van der Waals surface area contributed by atoms with Crippen molar-refractivity contribution in [3.05, 3.63) is 23.5 Å². The monoisotopic (exact) mass is 500 g/mol. The average Bonchev–Trinajstić information content (AvgIpc) is 3.63. The number of pyridine rings is 1. The Morgan fingerprint density at radius 2 is 1.94 bits per heavy atom. The lowest BCUT2D eigenvalue weighted by Crippen LogP contribution is -2.53. The van der Waals surface area contributed by atoms with Gasteiger partial charge in [0.25, 0.3) is 5.91 Å². The van der Waals surface area contributed by atoms with Crippen LogP contribution in [0.15, 0.2) is 12.3 Å². The molecule has 8 nitrogen and oxygen atoms in total. The SMILES string of the molecule is COC1CC(Nc2cc(C3CC3)cnc2C(=O)N(CC(C)C)[C@H]2CCCN(C(=O)OC(C)(C)C)C2)C1. The Morgan fingerprint density at radius 1 is 1.22 bits per heavy atom. The molecule has 0 spiro atoms. The highest BCUT2D eigenvalue weighted by Crippen LogP contribution is 2.41. The molecule has 0 bridgehead atoms. The third-order valence-electron chi connectivity index (χ3n) is 7.26. The van der Waals surface area contributed by atoms with Crippen LogP contribution in [-0.2, 0) is 9.47 Å². The van der Waals surface area contributed by atoms with Gasteiger partial charge in [-0.15, -0.1) is 0 Å². The minimum absolute atomic E-state index is 0.0628. The van der Waals surface area contributed by atoms with Crippen molar-refractivity contribution < 1.29 is 19.1 Å². The van der Waals surface area contributed by atoms with Gasteiger partial charge in [-0.25, -0.2) is 9.78 Å². The van der Waals surface area contributed by atoms with Crippen LogP contribution >= 0.6 is 0 Å². The Balaban J connectivity index is 1.55. The number of likely N-dealkylation sites (tertiary alicyclic amines) is 1. The molecule has 0 aromatic carbocycles. The number of nitrogens with zero attached hydrogens (tertiary/aromatic N) is 3. The Morgan fingerprint density at radius 3 is 2.56 bits per heavy atom. The van der Waals surface area contributed by atoms with Crippen LogP contribution in [-0.4, -0.2) is 77.3 Å². The summed E-state index contributed by atoms with van der Waals surface area (Å²) in [4.78, 5) is 35.3. The second kappa shape index (κ2) is 11.0. The number of carbonyl (C=O) groups is 2. The van der Waals surface area contributed by atoms with Crippen molar-refractivity contribution in [2.45, 2.75) is 103 Å². The van der Waals surface area contributed by atoms with Crippen molar-refractivity contribution in [3.8, 4) is 0 Å². The molecule has 2 saturated carbocycles. The van der Waals surface area contributed by atoms with Crippen LogP contribution in [0.25, 0.3) is 0 Å². The summed E-state index contributed by atoms with van der Waals surface area (Å²) in [7, 11) is 1.75. The molecule has 1 aromatic heterocycles. The first kappa shape index (κ1) is 26.7. The number of ether oxygens (including phenoxy) is 2. The minimum Gasteiger partial charge on any atom is -0.444 e. The molecule has 2 aliphatic carbocycles. The van der Waals surface area contributed by atoms with E-state index in [4.69, 9.17) is 14.5 Å². The average molecular weight is 501 g/mol. The highest BCUT2D eigenvalue weighted by Gasteiger charge is 2.36. The summed E-state index contributed by atoms with van der Waals surface area (Å²) in [6, 6.07) is 2.36. The van der Waals surface area contributed by atoms with E-state index in [1.165, 1.54) is 18.4 Å². The molecule has 0 unspecified atom stereocenters. The predicted octanol–water partition coefficient (Wildman–Crippen LogP) is 5.05. The molecule has 1 aromatic rings. The van der Waals surface area contributed by atoms with Crippen molar-refractivity contribution in [2.75, 3.05) is 32.1 Å². The van der Waals surface area contributed by atoms with Gasteiger partial charge in [0.05, 0.1) is 11.8 Å². The van der Waals surface area contributed by atoms with Crippen LogP contribution in [0.3, 0.4) is 0 Å². The van der Waals surface area contributed by atoms with Gasteiger partial charge in [0, 0.05) is 45.0 Å². The molecule has 1 N–H and O–H groups in total. The van der Waals surface area contributed by atoms with Gasteiger partial charge in [0.15, 0.2) is 5.69 Å². The van der Waals surface area contributed by atoms with E-state index in [9.17, 15) is 9.59 Å². The Bertz CT molecular complexity index is 934. The van der Waals surface area contributed by atoms with Crippen molar-refractivity contribution in [1.29, 1.82) is 0 Å². The summed E-state index contributed by atoms with van der Waals surface area (Å²) in [6.45, 7) is 11.6. The molecule has 1 atom stereocenters. The number of methoxy groups -OCH3 is 1. The second-order valence-electron chi connectivity index (χ2n) is 12.2. The highest BCUT2D eigenvalue weighted by molar-refractivity contribution is 5.98. The normalized spacial score (nSPS) is 24.3. The van der Waals surface area contributed by atoms with Gasteiger partial charge in [-0.2, -0.15) is 0 Å². The number of nitrogens with one attached hydrogen (secondary N) is 1. The first-order valence-corrected chi connectivity index (χ1v) is 13.6. The molecule has 3 fully saturated rings. The zero-order valence-electron chi connectivity index (χ0n) is 22.9. The lowest BCUT2D eigenvalue weighted by Gasteiger charge is -2.40. The first-order valence-electron chi connectivity index (χ1n) is 13.6. The fourth-order valence-corrected chi connectivity index (χ4v) is 5.13. The lowest BCUT2D eigenvalue weighted by atomic mass is 9.89. The lowest BCUT2D eigenvalue weighted by molar-refractivity contribution is 0.00936. The van der Waals surface area contributed by atoms with E-state index in [0.29, 0.717) is 37.2 Å². The van der Waals surface area contributed by atoms with Crippen molar-refractivity contribution in [2.24, 2.45) is 5.92 Å². The van der Waals surface area contributed by atoms with Crippen LogP contribution in [0.5, 0.6) is 0 Å². The maximum absolute atomic E-state index is 14.1. The minimum atomic E-state index is -0.547. The fourth-order valence-electron chi connectivity index (χ4n) is 5.13. The van der Waals surface area contributed by atoms with Gasteiger partial charge in [-0.3, -0.25) is 4.79 Å². The Kier molecular flexibility index (Phi) is 8.12. The van der Waals surface area contributed by atoms with E-state index in [1.807, 2.05) is 31.9 Å². The third-order valence-corrected chi connectivity index (χ3v) is 7.26. The Hall–Kier alpha value is -2.35. The Labute approximate surface area is 216 Å². The van der Waals surface area contributed by atoms with Crippen LogP contribution in [0.2, 0.25) is 0 Å². The number of carbonyl (C=O) groups excluding carboxylic acids is 2. The highest BCUT2D eigenvalue weighted by atomic mass is 16.6. The number of hydrogen-bond acceptors (Lipinski definition) is 6. The summed E-state index contributed by atoms with van der Waals surface area (Å²) in [5, 5.41) is 3.60. The molecule has 4 rings (SSSR count). The number of rotatable bonds is 8. The second-order valence-corrected chi connectivity index (χ2v) is 12.2. The number of piperidine rings is 1. The smallest absolute Gasteiger partial charge is 0.410 e. The maximum atomic E-state index is 14.1. The van der Waals surface area contributed by atoms with E-state index in [2.05, 4.69) is 25.2 Å². The van der Waals surface area contributed by atoms with Gasteiger partial charge in [-0.1, -0.05) is 13.8 Å². The van der Waals surface area contributed by atoms with Crippen molar-refractivity contribution in [3.63, 3.8) is 0 Å². The van der Waals surface area contributed by atoms with Crippen LogP contribution < -0.4 is 5.32 Å². The maximum Gasteiger partial charge on any atom is 0.410 e. The van der Waals surface area contributed by atoms with E-state index >= 15 is 0 Å². The van der Waals surface area contributed by atoms with Crippen molar-refractivity contribution in [1.82, 2.24) is 14.8 Å². The summed E-state index contributed by atoms with van der Waals surface area (Å²) in [6.07, 6.45) is 7.79. The fraction of sp³-hybridized carbons (Fsp3) is 0.750. The van der Waals surface area contributed by atoms with Gasteiger partial charge in [0.2, 0.25) is 0 Å². The molecule has 36 heavy (non-hydrogen) atoms. The number of amides is 2. The van der Waals surface area contributed by atoms with Gasteiger partial charge in [0.1, 0.15) is 5.60 Å². The zero-order chi connectivity index (χ0) is 26.0. The van der Waals surface area contributed by atoms with E-state index in [-0.39, 0.29) is 30.2 Å². The summed E-state index contributed by atoms with van der Waals surface area (Å²) in [5.74, 6) is 0.789. The molecule has 1 aliphatic heterocycles. The number of aromatic nitrogens is 1. The number of anilines is 1. The molecule has 8 heteroatoms. The van der Waals surface area contributed by atoms with E-state index < -0.39 is 5.60 Å². The first-order chi connectivity index (χ1) is 17.0. The topological polar surface area (TPSA) is 84.0 Å². The molecule has 2 heterocycles. The molecule has 3 aliphatic rings. The molecule has 0 radical (unpaired) electrons.